The SMILES string of the molecule is CSC1=CC=C(S(=O)(=O)NCCNc2nc(CC3CC3)no2)CC1. The fourth-order valence-corrected chi connectivity index (χ4v) is 4.11. The minimum Gasteiger partial charge on any atom is -0.336 e. The summed E-state index contributed by atoms with van der Waals surface area (Å²) in [4.78, 5) is 5.88. The molecule has 24 heavy (non-hydrogen) atoms. The molecule has 0 unspecified atom stereocenters. The van der Waals surface area contributed by atoms with Gasteiger partial charge < -0.3 is 9.84 Å². The summed E-state index contributed by atoms with van der Waals surface area (Å²) in [7, 11) is -3.42. The van der Waals surface area contributed by atoms with Gasteiger partial charge in [-0.25, -0.2) is 13.1 Å². The van der Waals surface area contributed by atoms with E-state index in [-0.39, 0.29) is 6.54 Å². The van der Waals surface area contributed by atoms with Crippen LogP contribution in [0.15, 0.2) is 26.5 Å². The highest BCUT2D eigenvalue weighted by molar-refractivity contribution is 8.02. The standard InChI is InChI=1S/C15H22N4O3S2/c1-23-12-4-6-13(7-5-12)24(20,21)17-9-8-16-15-18-14(19-22-15)10-11-2-3-11/h4,6,11,17H,2-3,5,7-10H2,1H3,(H,16,18,19). The lowest BCUT2D eigenvalue weighted by molar-refractivity contribution is 0.421. The van der Waals surface area contributed by atoms with Crippen molar-refractivity contribution in [2.75, 3.05) is 24.7 Å². The number of nitrogens with zero attached hydrogens (tertiary/aromatic N) is 2. The Kier molecular flexibility index (Phi) is 5.62. The Morgan fingerprint density at radius 1 is 1.29 bits per heavy atom. The molecule has 9 heteroatoms. The fourth-order valence-electron chi connectivity index (χ4n) is 2.43. The summed E-state index contributed by atoms with van der Waals surface area (Å²) >= 11 is 1.65. The van der Waals surface area contributed by atoms with E-state index in [1.807, 2.05) is 12.3 Å². The third kappa shape index (κ3) is 4.84. The molecule has 0 bridgehead atoms. The van der Waals surface area contributed by atoms with Crippen molar-refractivity contribution in [3.05, 3.63) is 27.8 Å². The van der Waals surface area contributed by atoms with Gasteiger partial charge in [0.15, 0.2) is 5.82 Å². The second kappa shape index (κ2) is 7.71. The molecule has 0 saturated heterocycles. The predicted molar refractivity (Wildman–Crippen MR) is 95.1 cm³/mol. The van der Waals surface area contributed by atoms with Gasteiger partial charge in [0.1, 0.15) is 0 Å². The van der Waals surface area contributed by atoms with Gasteiger partial charge >= 0.3 is 6.01 Å². The smallest absolute Gasteiger partial charge is 0.321 e. The highest BCUT2D eigenvalue weighted by Gasteiger charge is 2.24. The van der Waals surface area contributed by atoms with Crippen molar-refractivity contribution in [2.45, 2.75) is 32.1 Å². The van der Waals surface area contributed by atoms with Crippen LogP contribution in [-0.4, -0.2) is 37.9 Å². The van der Waals surface area contributed by atoms with Gasteiger partial charge in [-0.3, -0.25) is 0 Å². The van der Waals surface area contributed by atoms with E-state index < -0.39 is 10.0 Å². The van der Waals surface area contributed by atoms with Crippen LogP contribution in [-0.2, 0) is 16.4 Å². The maximum Gasteiger partial charge on any atom is 0.321 e. The number of aromatic nitrogens is 2. The minimum atomic E-state index is -3.42. The number of allylic oxidation sites excluding steroid dienone is 4. The average molecular weight is 371 g/mol. The lowest BCUT2D eigenvalue weighted by Crippen LogP contribution is -2.30. The molecule has 2 aliphatic rings. The summed E-state index contributed by atoms with van der Waals surface area (Å²) in [5.41, 5.74) is 0. The molecule has 0 amide bonds. The van der Waals surface area contributed by atoms with E-state index in [1.54, 1.807) is 17.8 Å². The first-order valence-electron chi connectivity index (χ1n) is 8.06. The molecule has 3 rings (SSSR count). The third-order valence-electron chi connectivity index (χ3n) is 4.01. The van der Waals surface area contributed by atoms with Crippen LogP contribution < -0.4 is 10.0 Å². The highest BCUT2D eigenvalue weighted by atomic mass is 32.2. The van der Waals surface area contributed by atoms with Gasteiger partial charge in [0, 0.05) is 19.5 Å². The third-order valence-corrected chi connectivity index (χ3v) is 6.49. The van der Waals surface area contributed by atoms with Gasteiger partial charge in [0.25, 0.3) is 0 Å². The summed E-state index contributed by atoms with van der Waals surface area (Å²) in [6.07, 6.45) is 10.2. The molecule has 1 heterocycles. The number of rotatable bonds is 9. The molecular formula is C15H22N4O3S2. The van der Waals surface area contributed by atoms with Gasteiger partial charge in [-0.1, -0.05) is 11.2 Å². The molecule has 0 aromatic carbocycles. The lowest BCUT2D eigenvalue weighted by atomic mass is 10.2. The molecule has 0 spiro atoms. The molecule has 2 N–H and O–H groups in total. The summed E-state index contributed by atoms with van der Waals surface area (Å²) in [5, 5.41) is 6.86. The van der Waals surface area contributed by atoms with Crippen LogP contribution in [0.3, 0.4) is 0 Å². The Bertz CT molecular complexity index is 736. The number of nitrogens with one attached hydrogen (secondary N) is 2. The molecular weight excluding hydrogens is 348 g/mol. The molecule has 2 aliphatic carbocycles. The quantitative estimate of drug-likeness (QED) is 0.644. The van der Waals surface area contributed by atoms with Crippen LogP contribution in [0.2, 0.25) is 0 Å². The second-order valence-corrected chi connectivity index (χ2v) is 8.71. The fraction of sp³-hybridized carbons (Fsp3) is 0.600. The number of hydrogen-bond acceptors (Lipinski definition) is 7. The molecule has 0 aliphatic heterocycles. The van der Waals surface area contributed by atoms with Crippen LogP contribution in [0, 0.1) is 5.92 Å². The Morgan fingerprint density at radius 2 is 2.12 bits per heavy atom. The van der Waals surface area contributed by atoms with Crippen molar-refractivity contribution in [2.24, 2.45) is 5.92 Å². The van der Waals surface area contributed by atoms with Crippen molar-refractivity contribution >= 4 is 27.8 Å². The van der Waals surface area contributed by atoms with E-state index in [9.17, 15) is 8.42 Å². The van der Waals surface area contributed by atoms with E-state index in [4.69, 9.17) is 4.52 Å². The first kappa shape index (κ1) is 17.5. The molecule has 1 aromatic rings. The molecule has 1 aromatic heterocycles. The lowest BCUT2D eigenvalue weighted by Gasteiger charge is -2.14. The molecule has 1 fully saturated rings. The maximum absolute atomic E-state index is 12.2. The molecule has 7 nitrogen and oxygen atoms in total. The van der Waals surface area contributed by atoms with E-state index in [0.717, 1.165) is 12.8 Å². The van der Waals surface area contributed by atoms with Gasteiger partial charge in [0.05, 0.1) is 4.91 Å². The van der Waals surface area contributed by atoms with Crippen LogP contribution in [0.5, 0.6) is 0 Å². The molecule has 0 radical (unpaired) electrons. The zero-order valence-electron chi connectivity index (χ0n) is 13.6. The van der Waals surface area contributed by atoms with Crippen LogP contribution in [0.25, 0.3) is 0 Å². The summed E-state index contributed by atoms with van der Waals surface area (Å²) < 4.78 is 32.2. The van der Waals surface area contributed by atoms with E-state index in [1.165, 1.54) is 17.7 Å². The normalized spacial score (nSPS) is 18.2. The van der Waals surface area contributed by atoms with Crippen molar-refractivity contribution in [3.8, 4) is 0 Å². The van der Waals surface area contributed by atoms with Crippen molar-refractivity contribution < 1.29 is 12.9 Å². The molecule has 1 saturated carbocycles. The predicted octanol–water partition coefficient (Wildman–Crippen LogP) is 2.28. The van der Waals surface area contributed by atoms with Crippen molar-refractivity contribution in [1.82, 2.24) is 14.9 Å². The maximum atomic E-state index is 12.2. The Hall–Kier alpha value is -1.32. The van der Waals surface area contributed by atoms with Crippen LogP contribution >= 0.6 is 11.8 Å². The minimum absolute atomic E-state index is 0.263. The number of sulfonamides is 1. The van der Waals surface area contributed by atoms with E-state index >= 15 is 0 Å². The topological polar surface area (TPSA) is 97.1 Å². The first-order chi connectivity index (χ1) is 11.6. The van der Waals surface area contributed by atoms with Crippen LogP contribution in [0.4, 0.5) is 6.01 Å². The Labute approximate surface area is 146 Å². The Morgan fingerprint density at radius 3 is 2.79 bits per heavy atom. The number of anilines is 1. The molecule has 132 valence electrons. The summed E-state index contributed by atoms with van der Waals surface area (Å²) in [6.45, 7) is 0.655. The van der Waals surface area contributed by atoms with E-state index in [0.29, 0.717) is 35.6 Å². The second-order valence-electron chi connectivity index (χ2n) is 5.96. The number of thioether (sulfide) groups is 1. The van der Waals surface area contributed by atoms with Crippen molar-refractivity contribution in [1.29, 1.82) is 0 Å². The summed E-state index contributed by atoms with van der Waals surface area (Å²) in [6, 6.07) is 0.342. The average Bonchev–Trinajstić information content (AvgIpc) is 3.28. The van der Waals surface area contributed by atoms with E-state index in [2.05, 4.69) is 20.2 Å². The van der Waals surface area contributed by atoms with Gasteiger partial charge in [-0.05, 0) is 48.8 Å². The van der Waals surface area contributed by atoms with Gasteiger partial charge in [-0.15, -0.1) is 11.8 Å². The monoisotopic (exact) mass is 370 g/mol. The molecule has 0 atom stereocenters. The first-order valence-corrected chi connectivity index (χ1v) is 10.8. The van der Waals surface area contributed by atoms with Crippen LogP contribution in [0.1, 0.15) is 31.5 Å². The zero-order valence-corrected chi connectivity index (χ0v) is 15.3. The summed E-state index contributed by atoms with van der Waals surface area (Å²) in [5.74, 6) is 1.41. The van der Waals surface area contributed by atoms with Gasteiger partial charge in [-0.2, -0.15) is 4.98 Å². The Balaban J connectivity index is 1.43. The largest absolute Gasteiger partial charge is 0.336 e. The van der Waals surface area contributed by atoms with Crippen molar-refractivity contribution in [3.63, 3.8) is 0 Å². The zero-order chi connectivity index (χ0) is 17.0. The number of hydrogen-bond donors (Lipinski definition) is 2. The van der Waals surface area contributed by atoms with Gasteiger partial charge in [0.2, 0.25) is 10.0 Å². The highest BCUT2D eigenvalue weighted by Crippen LogP contribution is 2.32.